The van der Waals surface area contributed by atoms with Gasteiger partial charge in [0.05, 0.1) is 0 Å². The van der Waals surface area contributed by atoms with Crippen LogP contribution < -0.4 is 0 Å². The van der Waals surface area contributed by atoms with Crippen molar-refractivity contribution in [2.24, 2.45) is 0 Å². The van der Waals surface area contributed by atoms with Gasteiger partial charge in [0.2, 0.25) is 5.91 Å². The Labute approximate surface area is 134 Å². The third-order valence-electron chi connectivity index (χ3n) is 4.04. The molecule has 1 atom stereocenters. The third kappa shape index (κ3) is 3.33. The quantitative estimate of drug-likeness (QED) is 0.869. The Bertz CT molecular complexity index is 708. The molecule has 3 rings (SSSR count). The summed E-state index contributed by atoms with van der Waals surface area (Å²) in [7, 11) is 0. The van der Waals surface area contributed by atoms with Crippen LogP contribution in [0.5, 0.6) is 0 Å². The molecule has 22 heavy (non-hydrogen) atoms. The molecular formula is C18H19NO2S. The van der Waals surface area contributed by atoms with Crippen molar-refractivity contribution in [3.63, 3.8) is 0 Å². The molecule has 2 aromatic rings. The fraction of sp³-hybridized carbons (Fsp3) is 0.333. The van der Waals surface area contributed by atoms with Gasteiger partial charge in [-0.2, -0.15) is 0 Å². The van der Waals surface area contributed by atoms with Crippen LogP contribution in [0.1, 0.15) is 18.9 Å². The summed E-state index contributed by atoms with van der Waals surface area (Å²) in [6.07, 6.45) is 1.34. The van der Waals surface area contributed by atoms with Gasteiger partial charge in [-0.1, -0.05) is 54.2 Å². The first-order chi connectivity index (χ1) is 10.6. The average Bonchev–Trinajstić information content (AvgIpc) is 2.84. The van der Waals surface area contributed by atoms with Crippen LogP contribution in [-0.4, -0.2) is 34.3 Å². The van der Waals surface area contributed by atoms with E-state index < -0.39 is 0 Å². The number of hydrogen-bond donors (Lipinski definition) is 0. The minimum atomic E-state index is 0.0914. The van der Waals surface area contributed by atoms with Gasteiger partial charge in [-0.3, -0.25) is 9.59 Å². The minimum Gasteiger partial charge on any atom is -0.341 e. The van der Waals surface area contributed by atoms with Crippen molar-refractivity contribution in [2.75, 3.05) is 13.1 Å². The summed E-state index contributed by atoms with van der Waals surface area (Å²) in [6.45, 7) is 2.98. The zero-order valence-corrected chi connectivity index (χ0v) is 13.4. The Hall–Kier alpha value is -1.81. The molecule has 4 heteroatoms. The Morgan fingerprint density at radius 1 is 1.23 bits per heavy atom. The molecule has 1 unspecified atom stereocenters. The topological polar surface area (TPSA) is 37.4 Å². The molecule has 0 spiro atoms. The number of benzene rings is 2. The molecule has 0 N–H and O–H groups in total. The maximum absolute atomic E-state index is 12.1. The van der Waals surface area contributed by atoms with Crippen LogP contribution in [-0.2, 0) is 16.0 Å². The monoisotopic (exact) mass is 313 g/mol. The molecular weight excluding hydrogens is 294 g/mol. The zero-order chi connectivity index (χ0) is 15.5. The Balaban J connectivity index is 1.67. The van der Waals surface area contributed by atoms with Gasteiger partial charge in [-0.25, -0.2) is 0 Å². The summed E-state index contributed by atoms with van der Waals surface area (Å²) >= 11 is 1.29. The summed E-state index contributed by atoms with van der Waals surface area (Å²) in [4.78, 5) is 25.1. The molecule has 0 bridgehead atoms. The number of nitrogens with zero attached hydrogens (tertiary/aromatic N) is 1. The van der Waals surface area contributed by atoms with Crippen molar-refractivity contribution in [3.05, 3.63) is 48.0 Å². The summed E-state index contributed by atoms with van der Waals surface area (Å²) in [5.41, 5.74) is 1.27. The first kappa shape index (κ1) is 15.1. The molecule has 0 aromatic heterocycles. The Morgan fingerprint density at radius 3 is 2.82 bits per heavy atom. The van der Waals surface area contributed by atoms with Crippen LogP contribution in [0.15, 0.2) is 42.5 Å². The molecule has 1 saturated heterocycles. The first-order valence-electron chi connectivity index (χ1n) is 7.55. The number of fused-ring (bicyclic) bond motifs is 1. The Kier molecular flexibility index (Phi) is 4.48. The molecule has 3 nitrogen and oxygen atoms in total. The van der Waals surface area contributed by atoms with Crippen molar-refractivity contribution < 1.29 is 9.59 Å². The van der Waals surface area contributed by atoms with E-state index in [1.807, 2.05) is 17.0 Å². The fourth-order valence-electron chi connectivity index (χ4n) is 3.03. The number of carbonyl (C=O) groups excluding carboxylic acids is 2. The van der Waals surface area contributed by atoms with Gasteiger partial charge in [0.25, 0.3) is 0 Å². The lowest BCUT2D eigenvalue weighted by atomic mass is 10.0. The second kappa shape index (κ2) is 6.53. The van der Waals surface area contributed by atoms with Gasteiger partial charge in [-0.05, 0) is 22.8 Å². The van der Waals surface area contributed by atoms with Crippen LogP contribution in [0.4, 0.5) is 0 Å². The van der Waals surface area contributed by atoms with Crippen LogP contribution in [0, 0.1) is 0 Å². The lowest BCUT2D eigenvalue weighted by molar-refractivity contribution is -0.127. The number of amides is 1. The van der Waals surface area contributed by atoms with Crippen molar-refractivity contribution in [1.29, 1.82) is 0 Å². The highest BCUT2D eigenvalue weighted by Crippen LogP contribution is 2.25. The molecule has 0 radical (unpaired) electrons. The van der Waals surface area contributed by atoms with Crippen molar-refractivity contribution >= 4 is 33.6 Å². The van der Waals surface area contributed by atoms with Gasteiger partial charge < -0.3 is 4.90 Å². The second-order valence-electron chi connectivity index (χ2n) is 5.66. The molecule has 0 saturated carbocycles. The first-order valence-corrected chi connectivity index (χ1v) is 8.43. The van der Waals surface area contributed by atoms with Gasteiger partial charge >= 0.3 is 0 Å². The number of thioether (sulfide) groups is 1. The van der Waals surface area contributed by atoms with E-state index in [-0.39, 0.29) is 16.3 Å². The molecule has 0 aliphatic carbocycles. The standard InChI is InChI=1S/C18H19NO2S/c1-13(20)22-16-11-18(21)19(12-16)10-9-15-7-4-6-14-5-2-3-8-17(14)15/h2-8,16H,9-12H2,1H3. The predicted octanol–water partition coefficient (Wildman–Crippen LogP) is 3.26. The molecule has 1 amide bonds. The molecule has 1 heterocycles. The lowest BCUT2D eigenvalue weighted by Gasteiger charge is -2.17. The zero-order valence-electron chi connectivity index (χ0n) is 12.6. The van der Waals surface area contributed by atoms with E-state index in [1.54, 1.807) is 6.92 Å². The second-order valence-corrected chi connectivity index (χ2v) is 7.14. The molecule has 1 aliphatic heterocycles. The number of hydrogen-bond acceptors (Lipinski definition) is 3. The summed E-state index contributed by atoms with van der Waals surface area (Å²) in [5.74, 6) is 0.166. The van der Waals surface area contributed by atoms with Crippen LogP contribution in [0.25, 0.3) is 10.8 Å². The predicted molar refractivity (Wildman–Crippen MR) is 90.9 cm³/mol. The number of carbonyl (C=O) groups is 2. The number of rotatable bonds is 4. The highest BCUT2D eigenvalue weighted by atomic mass is 32.2. The normalized spacial score (nSPS) is 18.1. The summed E-state index contributed by atoms with van der Waals surface area (Å²) < 4.78 is 0. The average molecular weight is 313 g/mol. The molecule has 1 fully saturated rings. The summed E-state index contributed by atoms with van der Waals surface area (Å²) in [6, 6.07) is 14.6. The van der Waals surface area contributed by atoms with Crippen molar-refractivity contribution in [2.45, 2.75) is 25.0 Å². The molecule has 1 aliphatic rings. The van der Waals surface area contributed by atoms with Gasteiger partial charge in [0.15, 0.2) is 5.12 Å². The Morgan fingerprint density at radius 2 is 2.00 bits per heavy atom. The van der Waals surface area contributed by atoms with E-state index in [0.29, 0.717) is 13.0 Å². The highest BCUT2D eigenvalue weighted by molar-refractivity contribution is 8.14. The maximum atomic E-state index is 12.1. The summed E-state index contributed by atoms with van der Waals surface area (Å²) in [5, 5.41) is 2.70. The van der Waals surface area contributed by atoms with Gasteiger partial charge in [0, 0.05) is 31.7 Å². The molecule has 114 valence electrons. The SMILES string of the molecule is CC(=O)SC1CC(=O)N(CCc2cccc3ccccc23)C1. The molecule has 2 aromatic carbocycles. The highest BCUT2D eigenvalue weighted by Gasteiger charge is 2.30. The lowest BCUT2D eigenvalue weighted by Crippen LogP contribution is -2.28. The third-order valence-corrected chi connectivity index (χ3v) is 5.02. The van der Waals surface area contributed by atoms with E-state index in [1.165, 1.54) is 28.1 Å². The smallest absolute Gasteiger partial charge is 0.223 e. The minimum absolute atomic E-state index is 0.0914. The van der Waals surface area contributed by atoms with Gasteiger partial charge in [-0.15, -0.1) is 0 Å². The maximum Gasteiger partial charge on any atom is 0.223 e. The van der Waals surface area contributed by atoms with E-state index in [2.05, 4.69) is 30.3 Å². The van der Waals surface area contributed by atoms with E-state index in [0.717, 1.165) is 13.0 Å². The largest absolute Gasteiger partial charge is 0.341 e. The van der Waals surface area contributed by atoms with Crippen LogP contribution in [0.3, 0.4) is 0 Å². The number of likely N-dealkylation sites (tertiary alicyclic amines) is 1. The van der Waals surface area contributed by atoms with Crippen molar-refractivity contribution in [1.82, 2.24) is 4.90 Å². The van der Waals surface area contributed by atoms with Crippen LogP contribution in [0.2, 0.25) is 0 Å². The van der Waals surface area contributed by atoms with Gasteiger partial charge in [0.1, 0.15) is 0 Å². The van der Waals surface area contributed by atoms with Crippen molar-refractivity contribution in [3.8, 4) is 0 Å². The van der Waals surface area contributed by atoms with E-state index in [9.17, 15) is 9.59 Å². The fourth-order valence-corrected chi connectivity index (χ4v) is 3.98. The van der Waals surface area contributed by atoms with E-state index in [4.69, 9.17) is 0 Å². The van der Waals surface area contributed by atoms with E-state index >= 15 is 0 Å². The van der Waals surface area contributed by atoms with Crippen LogP contribution >= 0.6 is 11.8 Å².